The van der Waals surface area contributed by atoms with Crippen LogP contribution in [0.15, 0.2) is 6.33 Å². The molecule has 0 atom stereocenters. The predicted molar refractivity (Wildman–Crippen MR) is 80.1 cm³/mol. The largest absolute Gasteiger partial charge is 0.310 e. The fourth-order valence-electron chi connectivity index (χ4n) is 1.51. The van der Waals surface area contributed by atoms with Gasteiger partial charge in [-0.3, -0.25) is 4.68 Å². The lowest BCUT2D eigenvalue weighted by atomic mass is 10.2. The third-order valence-electron chi connectivity index (χ3n) is 2.94. The molecule has 20 heavy (non-hydrogen) atoms. The van der Waals surface area contributed by atoms with Crippen LogP contribution >= 0.6 is 0 Å². The zero-order valence-corrected chi connectivity index (χ0v) is 13.9. The number of nitrogens with zero attached hydrogens (tertiary/aromatic N) is 3. The summed E-state index contributed by atoms with van der Waals surface area (Å²) < 4.78 is 24.9. The normalized spacial score (nSPS) is 13.1. The zero-order chi connectivity index (χ0) is 15.4. The van der Waals surface area contributed by atoms with Gasteiger partial charge in [0.2, 0.25) is 0 Å². The van der Waals surface area contributed by atoms with Gasteiger partial charge in [0.25, 0.3) is 0 Å². The Bertz CT molecular complexity index is 515. The molecule has 0 fully saturated rings. The SMILES string of the molecule is CC(C)CNCc1ncn(CCS(=O)(=O)C(C)(C)C)n1. The van der Waals surface area contributed by atoms with Gasteiger partial charge in [0.05, 0.1) is 23.6 Å². The molecule has 1 aromatic rings. The lowest BCUT2D eigenvalue weighted by Crippen LogP contribution is -2.32. The molecule has 0 aromatic carbocycles. The van der Waals surface area contributed by atoms with Crippen molar-refractivity contribution in [2.45, 2.75) is 52.5 Å². The molecule has 0 bridgehead atoms. The van der Waals surface area contributed by atoms with Crippen molar-refractivity contribution in [1.82, 2.24) is 20.1 Å². The molecule has 1 rings (SSSR count). The average Bonchev–Trinajstić information content (AvgIpc) is 2.72. The van der Waals surface area contributed by atoms with E-state index in [1.807, 2.05) is 0 Å². The first-order valence-corrected chi connectivity index (χ1v) is 8.58. The van der Waals surface area contributed by atoms with Crippen LogP contribution < -0.4 is 5.32 Å². The van der Waals surface area contributed by atoms with Gasteiger partial charge in [-0.25, -0.2) is 13.4 Å². The van der Waals surface area contributed by atoms with Crippen LogP contribution in [0.5, 0.6) is 0 Å². The Labute approximate surface area is 121 Å². The molecule has 0 spiro atoms. The van der Waals surface area contributed by atoms with Gasteiger partial charge in [-0.2, -0.15) is 5.10 Å². The van der Waals surface area contributed by atoms with Crippen LogP contribution in [0.25, 0.3) is 0 Å². The van der Waals surface area contributed by atoms with Gasteiger partial charge in [0.15, 0.2) is 15.7 Å². The van der Waals surface area contributed by atoms with Crippen LogP contribution in [0.3, 0.4) is 0 Å². The van der Waals surface area contributed by atoms with Crippen molar-refractivity contribution in [3.63, 3.8) is 0 Å². The highest BCUT2D eigenvalue weighted by atomic mass is 32.2. The fourth-order valence-corrected chi connectivity index (χ4v) is 2.55. The minimum absolute atomic E-state index is 0.0821. The average molecular weight is 302 g/mol. The summed E-state index contributed by atoms with van der Waals surface area (Å²) in [6, 6.07) is 0. The number of rotatable bonds is 7. The summed E-state index contributed by atoms with van der Waals surface area (Å²) in [6.45, 7) is 11.3. The van der Waals surface area contributed by atoms with Gasteiger partial charge in [0, 0.05) is 0 Å². The van der Waals surface area contributed by atoms with E-state index in [0.29, 0.717) is 24.8 Å². The molecule has 7 heteroatoms. The molecule has 6 nitrogen and oxygen atoms in total. The molecule has 116 valence electrons. The summed E-state index contributed by atoms with van der Waals surface area (Å²) in [7, 11) is -3.12. The summed E-state index contributed by atoms with van der Waals surface area (Å²) in [5.74, 6) is 1.35. The maximum Gasteiger partial charge on any atom is 0.164 e. The summed E-state index contributed by atoms with van der Waals surface area (Å²) in [6.07, 6.45) is 1.59. The molecule has 0 saturated carbocycles. The topological polar surface area (TPSA) is 76.9 Å². The quantitative estimate of drug-likeness (QED) is 0.820. The monoisotopic (exact) mass is 302 g/mol. The van der Waals surface area contributed by atoms with Crippen molar-refractivity contribution in [3.05, 3.63) is 12.2 Å². The number of sulfone groups is 1. The van der Waals surface area contributed by atoms with Crippen LogP contribution in [0.4, 0.5) is 0 Å². The second-order valence-corrected chi connectivity index (χ2v) is 9.24. The maximum atomic E-state index is 12.0. The predicted octanol–water partition coefficient (Wildman–Crippen LogP) is 1.24. The number of aryl methyl sites for hydroxylation is 1. The zero-order valence-electron chi connectivity index (χ0n) is 13.0. The second kappa shape index (κ2) is 6.67. The molecular formula is C13H26N4O2S. The number of hydrogen-bond acceptors (Lipinski definition) is 5. The Morgan fingerprint density at radius 2 is 2.00 bits per heavy atom. The Morgan fingerprint density at radius 1 is 1.35 bits per heavy atom. The van der Waals surface area contributed by atoms with Crippen LogP contribution in [0.1, 0.15) is 40.4 Å². The van der Waals surface area contributed by atoms with Gasteiger partial charge in [-0.15, -0.1) is 0 Å². The molecule has 1 N–H and O–H groups in total. The fraction of sp³-hybridized carbons (Fsp3) is 0.846. The Balaban J connectivity index is 2.49. The van der Waals surface area contributed by atoms with Crippen molar-refractivity contribution in [3.8, 4) is 0 Å². The minimum Gasteiger partial charge on any atom is -0.310 e. The molecule has 0 aliphatic rings. The van der Waals surface area contributed by atoms with E-state index in [1.54, 1.807) is 31.8 Å². The number of hydrogen-bond donors (Lipinski definition) is 1. The van der Waals surface area contributed by atoms with E-state index in [0.717, 1.165) is 6.54 Å². The molecule has 0 saturated heterocycles. The van der Waals surface area contributed by atoms with Gasteiger partial charge >= 0.3 is 0 Å². The van der Waals surface area contributed by atoms with E-state index in [9.17, 15) is 8.42 Å². The molecule has 0 amide bonds. The first-order valence-electron chi connectivity index (χ1n) is 6.93. The van der Waals surface area contributed by atoms with Crippen molar-refractivity contribution in [2.75, 3.05) is 12.3 Å². The number of nitrogens with one attached hydrogen (secondary N) is 1. The van der Waals surface area contributed by atoms with E-state index >= 15 is 0 Å². The Hall–Kier alpha value is -0.950. The summed E-state index contributed by atoms with van der Waals surface area (Å²) in [5, 5.41) is 7.53. The molecule has 0 unspecified atom stereocenters. The maximum absolute atomic E-state index is 12.0. The van der Waals surface area contributed by atoms with Crippen molar-refractivity contribution in [2.24, 2.45) is 5.92 Å². The van der Waals surface area contributed by atoms with Gasteiger partial charge in [-0.05, 0) is 33.2 Å². The molecule has 1 aromatic heterocycles. The van der Waals surface area contributed by atoms with Crippen molar-refractivity contribution >= 4 is 9.84 Å². The Kier molecular flexibility index (Phi) is 5.70. The standard InChI is InChI=1S/C13H26N4O2S/c1-11(2)8-14-9-12-15-10-17(16-12)6-7-20(18,19)13(3,4)5/h10-11,14H,6-9H2,1-5H3. The lowest BCUT2D eigenvalue weighted by molar-refractivity contribution is 0.534. The highest BCUT2D eigenvalue weighted by Crippen LogP contribution is 2.15. The van der Waals surface area contributed by atoms with Crippen LogP contribution in [0.2, 0.25) is 0 Å². The molecular weight excluding hydrogens is 276 g/mol. The second-order valence-electron chi connectivity index (χ2n) is 6.38. The minimum atomic E-state index is -3.12. The lowest BCUT2D eigenvalue weighted by Gasteiger charge is -2.18. The van der Waals surface area contributed by atoms with Crippen LogP contribution in [-0.2, 0) is 22.9 Å². The summed E-state index contributed by atoms with van der Waals surface area (Å²) >= 11 is 0. The highest BCUT2D eigenvalue weighted by Gasteiger charge is 2.28. The third-order valence-corrected chi connectivity index (χ3v) is 5.53. The van der Waals surface area contributed by atoms with Crippen molar-refractivity contribution in [1.29, 1.82) is 0 Å². The first-order chi connectivity index (χ1) is 9.12. The van der Waals surface area contributed by atoms with Gasteiger partial charge < -0.3 is 5.32 Å². The van der Waals surface area contributed by atoms with E-state index in [1.165, 1.54) is 0 Å². The van der Waals surface area contributed by atoms with Gasteiger partial charge in [0.1, 0.15) is 6.33 Å². The molecule has 1 heterocycles. The molecule has 0 radical (unpaired) electrons. The summed E-state index contributed by atoms with van der Waals surface area (Å²) in [5.41, 5.74) is 0. The van der Waals surface area contributed by atoms with Gasteiger partial charge in [-0.1, -0.05) is 13.8 Å². The van der Waals surface area contributed by atoms with Crippen LogP contribution in [0, 0.1) is 5.92 Å². The van der Waals surface area contributed by atoms with E-state index in [-0.39, 0.29) is 5.75 Å². The smallest absolute Gasteiger partial charge is 0.164 e. The number of aromatic nitrogens is 3. The first kappa shape index (κ1) is 17.1. The third kappa shape index (κ3) is 5.20. The van der Waals surface area contributed by atoms with E-state index in [2.05, 4.69) is 29.2 Å². The molecule has 0 aliphatic carbocycles. The highest BCUT2D eigenvalue weighted by molar-refractivity contribution is 7.92. The summed E-state index contributed by atoms with van der Waals surface area (Å²) in [4.78, 5) is 4.17. The van der Waals surface area contributed by atoms with E-state index < -0.39 is 14.6 Å². The Morgan fingerprint density at radius 3 is 2.55 bits per heavy atom. The van der Waals surface area contributed by atoms with E-state index in [4.69, 9.17) is 0 Å². The van der Waals surface area contributed by atoms with Crippen molar-refractivity contribution < 1.29 is 8.42 Å². The van der Waals surface area contributed by atoms with Crippen LogP contribution in [-0.4, -0.2) is 40.2 Å². The molecule has 0 aliphatic heterocycles.